The zero-order valence-electron chi connectivity index (χ0n) is 18.3. The van der Waals surface area contributed by atoms with E-state index in [1.807, 2.05) is 6.07 Å². The monoisotopic (exact) mass is 473 g/mol. The molecule has 2 aliphatic rings. The molecule has 0 spiro atoms. The Bertz CT molecular complexity index is 1360. The molecule has 0 amide bonds. The van der Waals surface area contributed by atoms with Crippen LogP contribution in [0.3, 0.4) is 0 Å². The van der Waals surface area contributed by atoms with Gasteiger partial charge in [-0.2, -0.15) is 10.4 Å². The maximum absolute atomic E-state index is 15.7. The standard InChI is InChI=1S/C25H20F5N3O/c1-10-17(9-32-33(10)2)22-18(27)5-13(15-7-20(29)25(34)23(15)22)14-6-19(28)24(30)16-4-12(26)3-11(8-31)21(14)16/h3-5,9,14,19-20,24-25,34H,6-7H2,1-2H3/t14-,19+,20-,24-,25-/m1/s1. The second kappa shape index (κ2) is 7.91. The van der Waals surface area contributed by atoms with E-state index in [1.54, 1.807) is 14.0 Å². The van der Waals surface area contributed by atoms with Crippen molar-refractivity contribution in [2.75, 3.05) is 0 Å². The van der Waals surface area contributed by atoms with Gasteiger partial charge in [0.25, 0.3) is 0 Å². The average molecular weight is 473 g/mol. The van der Waals surface area contributed by atoms with Crippen LogP contribution in [-0.4, -0.2) is 27.2 Å². The SMILES string of the molecule is Cc1c(-c2c(F)cc([C@H]3C[C@H](F)[C@H](F)c4cc(F)cc(C#N)c43)c3c2[C@H](O)[C@H](F)C3)cnn1C. The minimum Gasteiger partial charge on any atom is -0.385 e. The summed E-state index contributed by atoms with van der Waals surface area (Å²) in [6, 6.07) is 4.72. The summed E-state index contributed by atoms with van der Waals surface area (Å²) in [5.41, 5.74) is 1.04. The molecule has 5 rings (SSSR count). The molecule has 0 fully saturated rings. The summed E-state index contributed by atoms with van der Waals surface area (Å²) in [6.45, 7) is 1.70. The fourth-order valence-corrected chi connectivity index (χ4v) is 5.39. The minimum absolute atomic E-state index is 0.00723. The average Bonchev–Trinajstić information content (AvgIpc) is 3.28. The lowest BCUT2D eigenvalue weighted by Gasteiger charge is -2.33. The van der Waals surface area contributed by atoms with Crippen LogP contribution in [0, 0.1) is 29.9 Å². The van der Waals surface area contributed by atoms with Crippen molar-refractivity contribution in [2.45, 2.75) is 50.3 Å². The van der Waals surface area contributed by atoms with Crippen LogP contribution in [0.15, 0.2) is 24.4 Å². The molecule has 0 radical (unpaired) electrons. The van der Waals surface area contributed by atoms with Gasteiger partial charge in [-0.1, -0.05) is 0 Å². The van der Waals surface area contributed by atoms with Crippen molar-refractivity contribution in [3.63, 3.8) is 0 Å². The van der Waals surface area contributed by atoms with Gasteiger partial charge in [-0.15, -0.1) is 0 Å². The fourth-order valence-electron chi connectivity index (χ4n) is 5.39. The largest absolute Gasteiger partial charge is 0.385 e. The van der Waals surface area contributed by atoms with Crippen LogP contribution in [-0.2, 0) is 13.5 Å². The Kier molecular flexibility index (Phi) is 5.24. The Hall–Kier alpha value is -3.25. The zero-order chi connectivity index (χ0) is 24.5. The topological polar surface area (TPSA) is 61.8 Å². The van der Waals surface area contributed by atoms with Gasteiger partial charge in [-0.05, 0) is 59.4 Å². The van der Waals surface area contributed by atoms with Crippen LogP contribution >= 0.6 is 0 Å². The summed E-state index contributed by atoms with van der Waals surface area (Å²) < 4.78 is 75.5. The molecule has 1 heterocycles. The number of aliphatic hydroxyl groups is 1. The van der Waals surface area contributed by atoms with Crippen molar-refractivity contribution in [3.8, 4) is 17.2 Å². The highest BCUT2D eigenvalue weighted by Crippen LogP contribution is 2.51. The number of aryl methyl sites for hydroxylation is 1. The molecule has 1 N–H and O–H groups in total. The molecule has 5 atom stereocenters. The molecule has 0 aliphatic heterocycles. The molecule has 176 valence electrons. The van der Waals surface area contributed by atoms with Gasteiger partial charge in [-0.25, -0.2) is 22.0 Å². The molecule has 4 nitrogen and oxygen atoms in total. The number of hydrogen-bond acceptors (Lipinski definition) is 3. The fraction of sp³-hybridized carbons (Fsp3) is 0.360. The van der Waals surface area contributed by atoms with Gasteiger partial charge in [0.05, 0.1) is 17.8 Å². The number of benzene rings is 2. The lowest BCUT2D eigenvalue weighted by atomic mass is 9.73. The maximum Gasteiger partial charge on any atom is 0.157 e. The number of halogens is 5. The van der Waals surface area contributed by atoms with Crippen molar-refractivity contribution in [1.82, 2.24) is 9.78 Å². The Morgan fingerprint density at radius 1 is 1.09 bits per heavy atom. The number of aromatic nitrogens is 2. The number of nitrogens with zero attached hydrogens (tertiary/aromatic N) is 3. The van der Waals surface area contributed by atoms with Gasteiger partial charge in [0, 0.05) is 36.2 Å². The van der Waals surface area contributed by atoms with Crippen LogP contribution in [0.1, 0.15) is 63.7 Å². The second-order valence-electron chi connectivity index (χ2n) is 8.92. The maximum atomic E-state index is 15.7. The summed E-state index contributed by atoms with van der Waals surface area (Å²) >= 11 is 0. The molecule has 3 aromatic rings. The van der Waals surface area contributed by atoms with E-state index in [0.29, 0.717) is 11.3 Å². The van der Waals surface area contributed by atoms with Crippen LogP contribution in [0.5, 0.6) is 0 Å². The van der Waals surface area contributed by atoms with Gasteiger partial charge < -0.3 is 5.11 Å². The third kappa shape index (κ3) is 3.16. The first kappa shape index (κ1) is 22.5. The quantitative estimate of drug-likeness (QED) is 0.510. The Balaban J connectivity index is 1.80. The number of hydrogen-bond donors (Lipinski definition) is 1. The smallest absolute Gasteiger partial charge is 0.157 e. The van der Waals surface area contributed by atoms with E-state index in [9.17, 15) is 27.9 Å². The third-order valence-corrected chi connectivity index (χ3v) is 7.10. The number of fused-ring (bicyclic) bond motifs is 2. The Morgan fingerprint density at radius 3 is 2.47 bits per heavy atom. The first-order chi connectivity index (χ1) is 16.1. The lowest BCUT2D eigenvalue weighted by molar-refractivity contribution is 0.0928. The van der Waals surface area contributed by atoms with Crippen LogP contribution < -0.4 is 0 Å². The van der Waals surface area contributed by atoms with Gasteiger partial charge in [0.1, 0.15) is 30.1 Å². The number of rotatable bonds is 2. The summed E-state index contributed by atoms with van der Waals surface area (Å²) in [7, 11) is 1.66. The molecular formula is C25H20F5N3O. The molecule has 0 bridgehead atoms. The lowest BCUT2D eigenvalue weighted by Crippen LogP contribution is -2.25. The molecule has 0 saturated heterocycles. The Morgan fingerprint density at radius 2 is 1.82 bits per heavy atom. The van der Waals surface area contributed by atoms with E-state index in [-0.39, 0.29) is 45.4 Å². The van der Waals surface area contributed by atoms with Crippen molar-refractivity contribution in [1.29, 1.82) is 5.26 Å². The number of aliphatic hydroxyl groups excluding tert-OH is 1. The van der Waals surface area contributed by atoms with E-state index in [2.05, 4.69) is 5.10 Å². The van der Waals surface area contributed by atoms with E-state index < -0.39 is 48.6 Å². The van der Waals surface area contributed by atoms with E-state index in [0.717, 1.165) is 18.2 Å². The predicted octanol–water partition coefficient (Wildman–Crippen LogP) is 5.36. The van der Waals surface area contributed by atoms with Crippen molar-refractivity contribution < 1.29 is 27.1 Å². The highest BCUT2D eigenvalue weighted by molar-refractivity contribution is 5.74. The minimum atomic E-state index is -2.15. The second-order valence-corrected chi connectivity index (χ2v) is 8.92. The van der Waals surface area contributed by atoms with Gasteiger partial charge in [0.2, 0.25) is 0 Å². The number of nitriles is 1. The van der Waals surface area contributed by atoms with Crippen LogP contribution in [0.4, 0.5) is 22.0 Å². The molecule has 0 saturated carbocycles. The highest BCUT2D eigenvalue weighted by Gasteiger charge is 2.43. The molecular weight excluding hydrogens is 453 g/mol. The molecule has 2 aromatic carbocycles. The van der Waals surface area contributed by atoms with Gasteiger partial charge >= 0.3 is 0 Å². The first-order valence-electron chi connectivity index (χ1n) is 10.8. The summed E-state index contributed by atoms with van der Waals surface area (Å²) in [4.78, 5) is 0. The Labute approximate surface area is 192 Å². The van der Waals surface area contributed by atoms with Gasteiger partial charge in [0.15, 0.2) is 6.17 Å². The number of alkyl halides is 3. The van der Waals surface area contributed by atoms with Crippen molar-refractivity contribution in [2.24, 2.45) is 7.05 Å². The summed E-state index contributed by atoms with van der Waals surface area (Å²) in [6.07, 6.45) is -6.80. The highest BCUT2D eigenvalue weighted by atomic mass is 19.2. The van der Waals surface area contributed by atoms with Crippen molar-refractivity contribution in [3.05, 3.63) is 75.1 Å². The van der Waals surface area contributed by atoms with Crippen LogP contribution in [0.25, 0.3) is 11.1 Å². The van der Waals surface area contributed by atoms with Crippen LogP contribution in [0.2, 0.25) is 0 Å². The molecule has 2 aliphatic carbocycles. The third-order valence-electron chi connectivity index (χ3n) is 7.10. The first-order valence-corrected chi connectivity index (χ1v) is 10.8. The zero-order valence-corrected chi connectivity index (χ0v) is 18.3. The van der Waals surface area contributed by atoms with E-state index >= 15 is 4.39 Å². The normalized spacial score (nSPS) is 25.7. The van der Waals surface area contributed by atoms with Crippen molar-refractivity contribution >= 4 is 0 Å². The molecule has 9 heteroatoms. The molecule has 0 unspecified atom stereocenters. The van der Waals surface area contributed by atoms with E-state index in [4.69, 9.17) is 0 Å². The molecule has 34 heavy (non-hydrogen) atoms. The molecule has 1 aromatic heterocycles. The predicted molar refractivity (Wildman–Crippen MR) is 113 cm³/mol. The van der Waals surface area contributed by atoms with E-state index in [1.165, 1.54) is 10.9 Å². The summed E-state index contributed by atoms with van der Waals surface area (Å²) in [5.74, 6) is -2.68. The summed E-state index contributed by atoms with van der Waals surface area (Å²) in [5, 5.41) is 24.3. The van der Waals surface area contributed by atoms with Gasteiger partial charge in [-0.3, -0.25) is 4.68 Å².